The molecule has 1 saturated heterocycles. The van der Waals surface area contributed by atoms with Crippen LogP contribution in [0.2, 0.25) is 0 Å². The van der Waals surface area contributed by atoms with Crippen LogP contribution >= 0.6 is 0 Å². The maximum absolute atomic E-state index is 5.93. The molecule has 5 nitrogen and oxygen atoms in total. The van der Waals surface area contributed by atoms with E-state index in [0.717, 1.165) is 54.8 Å². The average Bonchev–Trinajstić information content (AvgIpc) is 3.31. The van der Waals surface area contributed by atoms with E-state index in [9.17, 15) is 0 Å². The van der Waals surface area contributed by atoms with Crippen LogP contribution in [0.4, 0.5) is 0 Å². The predicted molar refractivity (Wildman–Crippen MR) is 96.1 cm³/mol. The minimum atomic E-state index is 0.285. The van der Waals surface area contributed by atoms with Gasteiger partial charge in [0.2, 0.25) is 0 Å². The summed E-state index contributed by atoms with van der Waals surface area (Å²) in [5.41, 5.74) is 1.15. The van der Waals surface area contributed by atoms with Gasteiger partial charge in [-0.3, -0.25) is 4.90 Å². The lowest BCUT2D eigenvalue weighted by Crippen LogP contribution is -2.34. The minimum absolute atomic E-state index is 0.285. The molecule has 4 rings (SSSR count). The number of nitrogens with one attached hydrogen (secondary N) is 1. The second-order valence-electron chi connectivity index (χ2n) is 6.78. The van der Waals surface area contributed by atoms with Crippen molar-refractivity contribution in [3.8, 4) is 11.5 Å². The molecule has 1 aromatic carbocycles. The third-order valence-electron chi connectivity index (χ3n) is 4.97. The van der Waals surface area contributed by atoms with Crippen LogP contribution in [0.15, 0.2) is 34.7 Å². The van der Waals surface area contributed by atoms with Gasteiger partial charge in [0.25, 0.3) is 0 Å². The third kappa shape index (κ3) is 3.67. The van der Waals surface area contributed by atoms with Crippen molar-refractivity contribution in [1.29, 1.82) is 0 Å². The van der Waals surface area contributed by atoms with E-state index in [2.05, 4.69) is 28.4 Å². The molecule has 0 aliphatic carbocycles. The van der Waals surface area contributed by atoms with Crippen molar-refractivity contribution < 1.29 is 13.9 Å². The van der Waals surface area contributed by atoms with Crippen molar-refractivity contribution in [2.24, 2.45) is 0 Å². The van der Waals surface area contributed by atoms with Gasteiger partial charge in [0.1, 0.15) is 24.7 Å². The number of hydrogen-bond acceptors (Lipinski definition) is 5. The lowest BCUT2D eigenvalue weighted by molar-refractivity contribution is 0.169. The van der Waals surface area contributed by atoms with Crippen molar-refractivity contribution in [1.82, 2.24) is 10.2 Å². The van der Waals surface area contributed by atoms with Gasteiger partial charge in [-0.1, -0.05) is 12.1 Å². The SMILES string of the molecule is Cc1ccc(C(CNCc2cccc3c2OCCO3)N2CCCC2)o1. The molecule has 1 N–H and O–H groups in total. The molecular weight excluding hydrogens is 316 g/mol. The molecule has 2 aromatic rings. The predicted octanol–water partition coefficient (Wildman–Crippen LogP) is 3.29. The number of furan rings is 1. The zero-order valence-corrected chi connectivity index (χ0v) is 14.8. The molecule has 25 heavy (non-hydrogen) atoms. The Morgan fingerprint density at radius 3 is 2.72 bits per heavy atom. The van der Waals surface area contributed by atoms with Gasteiger partial charge >= 0.3 is 0 Å². The Hall–Kier alpha value is -1.98. The van der Waals surface area contributed by atoms with Gasteiger partial charge in [0, 0.05) is 18.7 Å². The summed E-state index contributed by atoms with van der Waals surface area (Å²) in [6, 6.07) is 10.5. The van der Waals surface area contributed by atoms with Gasteiger partial charge < -0.3 is 19.2 Å². The van der Waals surface area contributed by atoms with Gasteiger partial charge in [-0.15, -0.1) is 0 Å². The first-order valence-corrected chi connectivity index (χ1v) is 9.20. The fourth-order valence-electron chi connectivity index (χ4n) is 3.71. The van der Waals surface area contributed by atoms with E-state index in [1.165, 1.54) is 12.8 Å². The Morgan fingerprint density at radius 2 is 1.92 bits per heavy atom. The number of aryl methyl sites for hydroxylation is 1. The van der Waals surface area contributed by atoms with Crippen LogP contribution in [0.1, 0.15) is 36.0 Å². The molecule has 1 atom stereocenters. The Morgan fingerprint density at radius 1 is 1.08 bits per heavy atom. The summed E-state index contributed by atoms with van der Waals surface area (Å²) in [6.45, 7) is 7.15. The molecule has 134 valence electrons. The lowest BCUT2D eigenvalue weighted by Gasteiger charge is -2.26. The van der Waals surface area contributed by atoms with Gasteiger partial charge in [-0.2, -0.15) is 0 Å². The fourth-order valence-corrected chi connectivity index (χ4v) is 3.71. The zero-order valence-electron chi connectivity index (χ0n) is 14.8. The number of fused-ring (bicyclic) bond motifs is 1. The second-order valence-corrected chi connectivity index (χ2v) is 6.78. The Kier molecular flexibility index (Phi) is 4.95. The summed E-state index contributed by atoms with van der Waals surface area (Å²) >= 11 is 0. The maximum atomic E-state index is 5.93. The average molecular weight is 342 g/mol. The Labute approximate surface area is 148 Å². The molecule has 0 amide bonds. The third-order valence-corrected chi connectivity index (χ3v) is 4.97. The molecule has 1 aromatic heterocycles. The van der Waals surface area contributed by atoms with E-state index in [1.54, 1.807) is 0 Å². The number of rotatable bonds is 6. The van der Waals surface area contributed by atoms with Gasteiger partial charge in [-0.05, 0) is 51.1 Å². The van der Waals surface area contributed by atoms with Crippen molar-refractivity contribution in [3.63, 3.8) is 0 Å². The van der Waals surface area contributed by atoms with E-state index in [4.69, 9.17) is 13.9 Å². The van der Waals surface area contributed by atoms with E-state index in [1.807, 2.05) is 19.1 Å². The zero-order chi connectivity index (χ0) is 17.1. The highest BCUT2D eigenvalue weighted by Gasteiger charge is 2.26. The Balaban J connectivity index is 1.43. The Bertz CT molecular complexity index is 707. The molecule has 5 heteroatoms. The standard InChI is InChI=1S/C20H26N2O3/c1-15-7-8-18(25-15)17(22-9-2-3-10-22)14-21-13-16-5-4-6-19-20(16)24-12-11-23-19/h4-8,17,21H,2-3,9-14H2,1H3. The summed E-state index contributed by atoms with van der Waals surface area (Å²) in [7, 11) is 0. The summed E-state index contributed by atoms with van der Waals surface area (Å²) in [6.07, 6.45) is 2.54. The summed E-state index contributed by atoms with van der Waals surface area (Å²) in [4.78, 5) is 2.52. The number of hydrogen-bond donors (Lipinski definition) is 1. The normalized spacial score (nSPS) is 18.4. The first-order valence-electron chi connectivity index (χ1n) is 9.20. The lowest BCUT2D eigenvalue weighted by atomic mass is 10.1. The minimum Gasteiger partial charge on any atom is -0.486 e. The monoisotopic (exact) mass is 342 g/mol. The van der Waals surface area contributed by atoms with Gasteiger partial charge in [0.15, 0.2) is 11.5 Å². The van der Waals surface area contributed by atoms with Crippen molar-refractivity contribution in [3.05, 3.63) is 47.4 Å². The number of ether oxygens (including phenoxy) is 2. The van der Waals surface area contributed by atoms with Gasteiger partial charge in [0.05, 0.1) is 6.04 Å². The quantitative estimate of drug-likeness (QED) is 0.873. The molecule has 0 spiro atoms. The van der Waals surface area contributed by atoms with Crippen LogP contribution in [0.5, 0.6) is 11.5 Å². The summed E-state index contributed by atoms with van der Waals surface area (Å²) < 4.78 is 17.4. The van der Waals surface area contributed by atoms with Crippen LogP contribution in [0, 0.1) is 6.92 Å². The number of para-hydroxylation sites is 1. The first-order chi connectivity index (χ1) is 12.3. The van der Waals surface area contributed by atoms with Gasteiger partial charge in [-0.25, -0.2) is 0 Å². The number of likely N-dealkylation sites (tertiary alicyclic amines) is 1. The van der Waals surface area contributed by atoms with Crippen LogP contribution in [-0.2, 0) is 6.54 Å². The molecule has 0 bridgehead atoms. The molecule has 2 aliphatic rings. The number of benzene rings is 1. The molecule has 3 heterocycles. The van der Waals surface area contributed by atoms with E-state index >= 15 is 0 Å². The van der Waals surface area contributed by atoms with E-state index < -0.39 is 0 Å². The van der Waals surface area contributed by atoms with Crippen LogP contribution in [-0.4, -0.2) is 37.7 Å². The van der Waals surface area contributed by atoms with Crippen molar-refractivity contribution in [2.45, 2.75) is 32.4 Å². The topological polar surface area (TPSA) is 46.9 Å². The molecule has 1 unspecified atom stereocenters. The highest BCUT2D eigenvalue weighted by Crippen LogP contribution is 2.33. The highest BCUT2D eigenvalue weighted by atomic mass is 16.6. The van der Waals surface area contributed by atoms with Crippen LogP contribution in [0.3, 0.4) is 0 Å². The summed E-state index contributed by atoms with van der Waals surface area (Å²) in [5.74, 6) is 3.76. The van der Waals surface area contributed by atoms with Crippen molar-refractivity contribution in [2.75, 3.05) is 32.8 Å². The smallest absolute Gasteiger partial charge is 0.165 e. The number of nitrogens with zero attached hydrogens (tertiary/aromatic N) is 1. The molecule has 1 fully saturated rings. The second kappa shape index (κ2) is 7.50. The van der Waals surface area contributed by atoms with Crippen molar-refractivity contribution >= 4 is 0 Å². The van der Waals surface area contributed by atoms with Crippen LogP contribution < -0.4 is 14.8 Å². The summed E-state index contributed by atoms with van der Waals surface area (Å²) in [5, 5.41) is 3.60. The molecular formula is C20H26N2O3. The molecule has 0 radical (unpaired) electrons. The largest absolute Gasteiger partial charge is 0.486 e. The molecule has 0 saturated carbocycles. The van der Waals surface area contributed by atoms with E-state index in [-0.39, 0.29) is 6.04 Å². The molecule has 2 aliphatic heterocycles. The first kappa shape index (κ1) is 16.5. The fraction of sp³-hybridized carbons (Fsp3) is 0.500. The maximum Gasteiger partial charge on any atom is 0.165 e. The highest BCUT2D eigenvalue weighted by molar-refractivity contribution is 5.47. The van der Waals surface area contributed by atoms with Crippen LogP contribution in [0.25, 0.3) is 0 Å². The van der Waals surface area contributed by atoms with E-state index in [0.29, 0.717) is 13.2 Å².